The van der Waals surface area contributed by atoms with Crippen LogP contribution in [0.4, 0.5) is 10.1 Å². The summed E-state index contributed by atoms with van der Waals surface area (Å²) in [5.41, 5.74) is 0.320. The number of halogens is 2. The third-order valence-corrected chi connectivity index (χ3v) is 8.03. The van der Waals surface area contributed by atoms with Crippen molar-refractivity contribution in [3.05, 3.63) is 69.7 Å². The number of amides is 1. The van der Waals surface area contributed by atoms with Crippen LogP contribution in [0.1, 0.15) is 19.8 Å². The van der Waals surface area contributed by atoms with E-state index in [2.05, 4.69) is 12.2 Å². The summed E-state index contributed by atoms with van der Waals surface area (Å²) in [4.78, 5) is 25.1. The largest absolute Gasteiger partial charge is 0.324 e. The molecule has 2 aromatic carbocycles. The first-order valence-electron chi connectivity index (χ1n) is 10.5. The van der Waals surface area contributed by atoms with Crippen LogP contribution < -0.4 is 10.9 Å². The van der Waals surface area contributed by atoms with Gasteiger partial charge >= 0.3 is 0 Å². The maximum Gasteiger partial charge on any atom is 0.251 e. The second-order valence-corrected chi connectivity index (χ2v) is 10.6. The number of pyridine rings is 1. The number of piperidine rings is 1. The van der Waals surface area contributed by atoms with Crippen molar-refractivity contribution in [1.29, 1.82) is 0 Å². The normalized spacial score (nSPS) is 15.6. The van der Waals surface area contributed by atoms with Crippen molar-refractivity contribution in [2.24, 2.45) is 5.92 Å². The van der Waals surface area contributed by atoms with Crippen molar-refractivity contribution in [2.45, 2.75) is 31.2 Å². The van der Waals surface area contributed by atoms with Gasteiger partial charge in [0, 0.05) is 24.8 Å². The summed E-state index contributed by atoms with van der Waals surface area (Å²) in [6, 6.07) is 11.1. The van der Waals surface area contributed by atoms with E-state index in [0.717, 1.165) is 18.9 Å². The SMILES string of the molecule is CC1CCN(S(=O)(=O)c2ccc3c(ccc(=O)n3CC(=O)Nc3ccc(F)c(Cl)c3)c2)CC1. The van der Waals surface area contributed by atoms with Crippen LogP contribution in [-0.2, 0) is 21.4 Å². The van der Waals surface area contributed by atoms with E-state index < -0.39 is 27.3 Å². The highest BCUT2D eigenvalue weighted by Crippen LogP contribution is 2.26. The number of aromatic nitrogens is 1. The van der Waals surface area contributed by atoms with Crippen molar-refractivity contribution >= 4 is 44.1 Å². The molecule has 1 saturated heterocycles. The highest BCUT2D eigenvalue weighted by molar-refractivity contribution is 7.89. The predicted molar refractivity (Wildman–Crippen MR) is 125 cm³/mol. The molecule has 0 aliphatic carbocycles. The van der Waals surface area contributed by atoms with Gasteiger partial charge in [0.15, 0.2) is 0 Å². The van der Waals surface area contributed by atoms with E-state index in [4.69, 9.17) is 11.6 Å². The second-order valence-electron chi connectivity index (χ2n) is 8.24. The number of hydrogen-bond donors (Lipinski definition) is 1. The fraction of sp³-hybridized carbons (Fsp3) is 0.304. The fourth-order valence-corrected chi connectivity index (χ4v) is 5.58. The Balaban J connectivity index is 1.60. The number of nitrogens with one attached hydrogen (secondary N) is 1. The Kier molecular flexibility index (Phi) is 6.56. The Morgan fingerprint density at radius 2 is 1.85 bits per heavy atom. The molecule has 1 amide bonds. The Hall–Kier alpha value is -2.75. The summed E-state index contributed by atoms with van der Waals surface area (Å²) in [7, 11) is -3.65. The molecule has 0 atom stereocenters. The molecule has 33 heavy (non-hydrogen) atoms. The average molecular weight is 492 g/mol. The average Bonchev–Trinajstić information content (AvgIpc) is 2.78. The highest BCUT2D eigenvalue weighted by atomic mass is 35.5. The Morgan fingerprint density at radius 1 is 1.12 bits per heavy atom. The quantitative estimate of drug-likeness (QED) is 0.587. The topological polar surface area (TPSA) is 88.5 Å². The van der Waals surface area contributed by atoms with Gasteiger partial charge in [0.25, 0.3) is 5.56 Å². The fourth-order valence-electron chi connectivity index (χ4n) is 3.90. The van der Waals surface area contributed by atoms with Crippen LogP contribution in [-0.4, -0.2) is 36.3 Å². The van der Waals surface area contributed by atoms with Crippen LogP contribution in [0.25, 0.3) is 10.9 Å². The summed E-state index contributed by atoms with van der Waals surface area (Å²) in [5, 5.41) is 2.97. The molecule has 1 N–H and O–H groups in total. The Morgan fingerprint density at radius 3 is 2.55 bits per heavy atom. The molecule has 1 aliphatic heterocycles. The first-order chi connectivity index (χ1) is 15.6. The van der Waals surface area contributed by atoms with Gasteiger partial charge in [-0.2, -0.15) is 4.31 Å². The van der Waals surface area contributed by atoms with Crippen LogP contribution in [0, 0.1) is 11.7 Å². The van der Waals surface area contributed by atoms with Crippen molar-refractivity contribution in [3.8, 4) is 0 Å². The van der Waals surface area contributed by atoms with Crippen LogP contribution in [0.15, 0.2) is 58.2 Å². The number of hydrogen-bond acceptors (Lipinski definition) is 4. The van der Waals surface area contributed by atoms with Gasteiger partial charge in [-0.05, 0) is 66.6 Å². The number of anilines is 1. The molecule has 0 spiro atoms. The van der Waals surface area contributed by atoms with Gasteiger partial charge in [-0.25, -0.2) is 12.8 Å². The molecule has 0 unspecified atom stereocenters. The molecular weight excluding hydrogens is 469 g/mol. The van der Waals surface area contributed by atoms with Crippen molar-refractivity contribution < 1.29 is 17.6 Å². The summed E-state index contributed by atoms with van der Waals surface area (Å²) >= 11 is 5.74. The minimum atomic E-state index is -3.65. The predicted octanol–water partition coefficient (Wildman–Crippen LogP) is 3.85. The van der Waals surface area contributed by atoms with E-state index in [9.17, 15) is 22.4 Å². The molecule has 1 aliphatic rings. The monoisotopic (exact) mass is 491 g/mol. The van der Waals surface area contributed by atoms with E-state index in [1.807, 2.05) is 0 Å². The first-order valence-corrected chi connectivity index (χ1v) is 12.4. The van der Waals surface area contributed by atoms with Crippen molar-refractivity contribution in [3.63, 3.8) is 0 Å². The molecule has 10 heteroatoms. The van der Waals surface area contributed by atoms with E-state index >= 15 is 0 Å². The number of nitrogens with zero attached hydrogens (tertiary/aromatic N) is 2. The number of sulfonamides is 1. The van der Waals surface area contributed by atoms with Crippen molar-refractivity contribution in [2.75, 3.05) is 18.4 Å². The van der Waals surface area contributed by atoms with Gasteiger partial charge in [-0.1, -0.05) is 18.5 Å². The highest BCUT2D eigenvalue weighted by Gasteiger charge is 2.28. The standard InChI is InChI=1S/C23H23ClFN3O4S/c1-15-8-10-27(11-9-15)33(31,32)18-4-6-21-16(12-18)2-7-23(30)28(21)14-22(29)26-17-3-5-20(25)19(24)13-17/h2-7,12-13,15H,8-11,14H2,1H3,(H,26,29). The number of fused-ring (bicyclic) bond motifs is 1. The maximum absolute atomic E-state index is 13.3. The van der Waals surface area contributed by atoms with Gasteiger partial charge in [0.1, 0.15) is 12.4 Å². The lowest BCUT2D eigenvalue weighted by molar-refractivity contribution is -0.116. The van der Waals surface area contributed by atoms with E-state index in [0.29, 0.717) is 35.6 Å². The van der Waals surface area contributed by atoms with Crippen LogP contribution in [0.3, 0.4) is 0 Å². The lowest BCUT2D eigenvalue weighted by atomic mass is 10.0. The molecular formula is C23H23ClFN3O4S. The zero-order valence-corrected chi connectivity index (χ0v) is 19.5. The van der Waals surface area contributed by atoms with E-state index in [-0.39, 0.29) is 16.5 Å². The van der Waals surface area contributed by atoms with Gasteiger partial charge in [-0.3, -0.25) is 14.2 Å². The second kappa shape index (κ2) is 9.24. The number of carbonyl (C=O) groups excluding carboxylic acids is 1. The van der Waals surface area contributed by atoms with Gasteiger partial charge < -0.3 is 5.32 Å². The van der Waals surface area contributed by atoms with Gasteiger partial charge in [0.05, 0.1) is 15.4 Å². The van der Waals surface area contributed by atoms with E-state index in [1.54, 1.807) is 6.07 Å². The Labute approximate surface area is 195 Å². The molecule has 2 heterocycles. The van der Waals surface area contributed by atoms with Crippen LogP contribution >= 0.6 is 11.6 Å². The lowest BCUT2D eigenvalue weighted by Crippen LogP contribution is -2.37. The first kappa shape index (κ1) is 23.4. The molecule has 0 bridgehead atoms. The molecule has 0 radical (unpaired) electrons. The van der Waals surface area contributed by atoms with Crippen molar-refractivity contribution in [1.82, 2.24) is 8.87 Å². The Bertz CT molecular complexity index is 1380. The molecule has 7 nitrogen and oxygen atoms in total. The van der Waals surface area contributed by atoms with Crippen LogP contribution in [0.2, 0.25) is 5.02 Å². The minimum absolute atomic E-state index is 0.132. The molecule has 0 saturated carbocycles. The minimum Gasteiger partial charge on any atom is -0.324 e. The number of carbonyl (C=O) groups is 1. The molecule has 4 rings (SSSR count). The van der Waals surface area contributed by atoms with Crippen LogP contribution in [0.5, 0.6) is 0 Å². The summed E-state index contributed by atoms with van der Waals surface area (Å²) in [6.07, 6.45) is 1.64. The lowest BCUT2D eigenvalue weighted by Gasteiger charge is -2.29. The molecule has 1 aromatic heterocycles. The van der Waals surface area contributed by atoms with Gasteiger partial charge in [0.2, 0.25) is 15.9 Å². The third-order valence-electron chi connectivity index (χ3n) is 5.85. The zero-order chi connectivity index (χ0) is 23.8. The smallest absolute Gasteiger partial charge is 0.251 e. The van der Waals surface area contributed by atoms with Gasteiger partial charge in [-0.15, -0.1) is 0 Å². The molecule has 174 valence electrons. The zero-order valence-electron chi connectivity index (χ0n) is 17.9. The summed E-state index contributed by atoms with van der Waals surface area (Å²) < 4.78 is 42.2. The summed E-state index contributed by atoms with van der Waals surface area (Å²) in [5.74, 6) is -0.615. The third kappa shape index (κ3) is 4.95. The molecule has 1 fully saturated rings. The summed E-state index contributed by atoms with van der Waals surface area (Å²) in [6.45, 7) is 2.77. The number of benzene rings is 2. The van der Waals surface area contributed by atoms with E-state index in [1.165, 1.54) is 45.3 Å². The maximum atomic E-state index is 13.3. The number of rotatable bonds is 5. The molecule has 3 aromatic rings.